The molecule has 2 atom stereocenters. The molecule has 1 saturated heterocycles. The van der Waals surface area contributed by atoms with Crippen molar-refractivity contribution in [2.45, 2.75) is 32.5 Å². The first-order chi connectivity index (χ1) is 15.8. The summed E-state index contributed by atoms with van der Waals surface area (Å²) in [7, 11) is 0. The van der Waals surface area contributed by atoms with Gasteiger partial charge in [-0.1, -0.05) is 36.4 Å². The summed E-state index contributed by atoms with van der Waals surface area (Å²) in [6, 6.07) is 17.2. The molecule has 33 heavy (non-hydrogen) atoms. The highest BCUT2D eigenvalue weighted by molar-refractivity contribution is 5.97. The molecule has 4 rings (SSSR count). The van der Waals surface area contributed by atoms with Crippen molar-refractivity contribution in [2.75, 3.05) is 19.7 Å². The molecule has 1 aliphatic rings. The van der Waals surface area contributed by atoms with Crippen molar-refractivity contribution in [2.24, 2.45) is 0 Å². The summed E-state index contributed by atoms with van der Waals surface area (Å²) in [4.78, 5) is 28.7. The number of hydrogen-bond acceptors (Lipinski definition) is 4. The third-order valence-electron chi connectivity index (χ3n) is 6.16. The molecule has 0 aliphatic carbocycles. The molecule has 1 N–H and O–H groups in total. The van der Waals surface area contributed by atoms with E-state index >= 15 is 0 Å². The van der Waals surface area contributed by atoms with E-state index in [1.807, 2.05) is 31.2 Å². The van der Waals surface area contributed by atoms with Gasteiger partial charge in [0.25, 0.3) is 5.91 Å². The lowest BCUT2D eigenvalue weighted by Gasteiger charge is -2.44. The predicted octanol–water partition coefficient (Wildman–Crippen LogP) is 4.18. The first-order valence-electron chi connectivity index (χ1n) is 11.0. The van der Waals surface area contributed by atoms with Crippen LogP contribution >= 0.6 is 0 Å². The molecular formula is C26H27FN2O4. The van der Waals surface area contributed by atoms with Crippen molar-refractivity contribution in [3.8, 4) is 5.75 Å². The fourth-order valence-corrected chi connectivity index (χ4v) is 4.32. The molecule has 6 nitrogen and oxygen atoms in total. The number of ether oxygens (including phenoxy) is 1. The number of benzene rings is 3. The standard InChI is InChI=1S/C26H27FN2O4/c1-17-14-29(18(2)13-28(17)15-19-7-9-22(27)10-8-19)25(30)16-33-24-12-21-6-4-3-5-20(21)11-23(24)26(31)32/h3-12,17-18H,13-16H2,1-2H3,(H,31,32). The van der Waals surface area contributed by atoms with E-state index in [1.54, 1.807) is 29.2 Å². The quantitative estimate of drug-likeness (QED) is 0.610. The monoisotopic (exact) mass is 450 g/mol. The molecule has 1 fully saturated rings. The third-order valence-corrected chi connectivity index (χ3v) is 6.16. The van der Waals surface area contributed by atoms with E-state index < -0.39 is 5.97 Å². The Balaban J connectivity index is 1.41. The summed E-state index contributed by atoms with van der Waals surface area (Å²) < 4.78 is 18.9. The molecule has 0 bridgehead atoms. The maximum atomic E-state index is 13.2. The molecule has 1 amide bonds. The minimum Gasteiger partial charge on any atom is -0.483 e. The van der Waals surface area contributed by atoms with Crippen molar-refractivity contribution >= 4 is 22.6 Å². The van der Waals surface area contributed by atoms with E-state index in [0.717, 1.165) is 16.3 Å². The second-order valence-corrected chi connectivity index (χ2v) is 8.59. The van der Waals surface area contributed by atoms with Gasteiger partial charge >= 0.3 is 5.97 Å². The lowest BCUT2D eigenvalue weighted by atomic mass is 10.1. The van der Waals surface area contributed by atoms with Crippen LogP contribution in [-0.2, 0) is 11.3 Å². The SMILES string of the molecule is CC1CN(C(=O)COc2cc3ccccc3cc2C(=O)O)C(C)CN1Cc1ccc(F)cc1. The van der Waals surface area contributed by atoms with Crippen LogP contribution in [0.5, 0.6) is 5.75 Å². The van der Waals surface area contributed by atoms with E-state index in [-0.39, 0.29) is 41.7 Å². The molecule has 1 aliphatic heterocycles. The number of halogens is 1. The number of carbonyl (C=O) groups is 2. The average molecular weight is 451 g/mol. The van der Waals surface area contributed by atoms with E-state index in [1.165, 1.54) is 12.1 Å². The number of amides is 1. The van der Waals surface area contributed by atoms with E-state index in [9.17, 15) is 19.1 Å². The summed E-state index contributed by atoms with van der Waals surface area (Å²) in [5.41, 5.74) is 1.06. The van der Waals surface area contributed by atoms with Gasteiger partial charge in [0.05, 0.1) is 0 Å². The Morgan fingerprint density at radius 1 is 1.00 bits per heavy atom. The highest BCUT2D eigenvalue weighted by atomic mass is 19.1. The summed E-state index contributed by atoms with van der Waals surface area (Å²) in [5, 5.41) is 11.2. The van der Waals surface area contributed by atoms with Crippen LogP contribution in [0.3, 0.4) is 0 Å². The van der Waals surface area contributed by atoms with E-state index in [0.29, 0.717) is 19.6 Å². The topological polar surface area (TPSA) is 70.1 Å². The van der Waals surface area contributed by atoms with Crippen LogP contribution in [0.2, 0.25) is 0 Å². The normalized spacial score (nSPS) is 18.9. The van der Waals surface area contributed by atoms with E-state index in [4.69, 9.17) is 4.74 Å². The summed E-state index contributed by atoms with van der Waals surface area (Å²) in [6.45, 7) is 5.72. The Labute approximate surface area is 192 Å². The number of rotatable bonds is 6. The molecular weight excluding hydrogens is 423 g/mol. The Morgan fingerprint density at radius 3 is 2.33 bits per heavy atom. The Morgan fingerprint density at radius 2 is 1.67 bits per heavy atom. The minimum absolute atomic E-state index is 0.0340. The molecule has 3 aromatic rings. The van der Waals surface area contributed by atoms with E-state index in [2.05, 4.69) is 11.8 Å². The molecule has 2 unspecified atom stereocenters. The fourth-order valence-electron chi connectivity index (χ4n) is 4.32. The molecule has 3 aromatic carbocycles. The Kier molecular flexibility index (Phi) is 6.60. The smallest absolute Gasteiger partial charge is 0.339 e. The zero-order chi connectivity index (χ0) is 23.5. The van der Waals surface area contributed by atoms with Crippen LogP contribution in [0.1, 0.15) is 29.8 Å². The average Bonchev–Trinajstić information content (AvgIpc) is 2.80. The number of fused-ring (bicyclic) bond motifs is 1. The summed E-state index contributed by atoms with van der Waals surface area (Å²) >= 11 is 0. The maximum Gasteiger partial charge on any atom is 0.339 e. The first-order valence-corrected chi connectivity index (χ1v) is 11.0. The largest absolute Gasteiger partial charge is 0.483 e. The van der Waals surface area contributed by atoms with Gasteiger partial charge in [0, 0.05) is 31.7 Å². The van der Waals surface area contributed by atoms with Gasteiger partial charge < -0.3 is 14.7 Å². The highest BCUT2D eigenvalue weighted by Gasteiger charge is 2.32. The predicted molar refractivity (Wildman–Crippen MR) is 124 cm³/mol. The van der Waals surface area contributed by atoms with Crippen molar-refractivity contribution in [1.82, 2.24) is 9.80 Å². The Bertz CT molecular complexity index is 1160. The van der Waals surface area contributed by atoms with Gasteiger partial charge in [-0.25, -0.2) is 9.18 Å². The maximum absolute atomic E-state index is 13.2. The first kappa shape index (κ1) is 22.7. The van der Waals surface area contributed by atoms with Crippen molar-refractivity contribution < 1.29 is 23.8 Å². The molecule has 0 aromatic heterocycles. The summed E-state index contributed by atoms with van der Waals surface area (Å²) in [5.74, 6) is -1.35. The van der Waals surface area contributed by atoms with Crippen LogP contribution in [0, 0.1) is 5.82 Å². The highest BCUT2D eigenvalue weighted by Crippen LogP contribution is 2.27. The van der Waals surface area contributed by atoms with Gasteiger partial charge in [-0.2, -0.15) is 0 Å². The van der Waals surface area contributed by atoms with Crippen molar-refractivity contribution in [3.05, 3.63) is 77.6 Å². The van der Waals surface area contributed by atoms with Crippen LogP contribution in [0.25, 0.3) is 10.8 Å². The fraction of sp³-hybridized carbons (Fsp3) is 0.308. The second kappa shape index (κ2) is 9.58. The van der Waals surface area contributed by atoms with Gasteiger partial charge in [-0.3, -0.25) is 9.69 Å². The number of hydrogen-bond donors (Lipinski definition) is 1. The number of carbonyl (C=O) groups excluding carboxylic acids is 1. The minimum atomic E-state index is -1.10. The molecule has 1 heterocycles. The lowest BCUT2D eigenvalue weighted by Crippen LogP contribution is -2.58. The van der Waals surface area contributed by atoms with Gasteiger partial charge in [0.1, 0.15) is 17.1 Å². The van der Waals surface area contributed by atoms with Gasteiger partial charge in [0.15, 0.2) is 6.61 Å². The molecule has 0 saturated carbocycles. The second-order valence-electron chi connectivity index (χ2n) is 8.59. The van der Waals surface area contributed by atoms with Crippen LogP contribution in [0.4, 0.5) is 4.39 Å². The molecule has 7 heteroatoms. The zero-order valence-corrected chi connectivity index (χ0v) is 18.7. The van der Waals surface area contributed by atoms with Crippen molar-refractivity contribution in [3.63, 3.8) is 0 Å². The van der Waals surface area contributed by atoms with Crippen LogP contribution in [-0.4, -0.2) is 58.6 Å². The number of carboxylic acid groups (broad SMARTS) is 1. The molecule has 0 spiro atoms. The number of aromatic carboxylic acids is 1. The van der Waals surface area contributed by atoms with Gasteiger partial charge in [0.2, 0.25) is 0 Å². The number of nitrogens with zero attached hydrogens (tertiary/aromatic N) is 2. The number of carboxylic acids is 1. The van der Waals surface area contributed by atoms with Gasteiger partial charge in [-0.15, -0.1) is 0 Å². The third kappa shape index (κ3) is 5.14. The van der Waals surface area contributed by atoms with Crippen LogP contribution in [0.15, 0.2) is 60.7 Å². The molecule has 172 valence electrons. The summed E-state index contributed by atoms with van der Waals surface area (Å²) in [6.07, 6.45) is 0. The zero-order valence-electron chi connectivity index (χ0n) is 18.7. The lowest BCUT2D eigenvalue weighted by molar-refractivity contribution is -0.139. The Hall–Kier alpha value is -3.45. The van der Waals surface area contributed by atoms with Crippen LogP contribution < -0.4 is 4.74 Å². The van der Waals surface area contributed by atoms with Gasteiger partial charge in [-0.05, 0) is 54.4 Å². The van der Waals surface area contributed by atoms with Crippen molar-refractivity contribution in [1.29, 1.82) is 0 Å². The number of piperazine rings is 1. The molecule has 0 radical (unpaired) electrons.